The van der Waals surface area contributed by atoms with E-state index in [4.69, 9.17) is 16.9 Å². The van der Waals surface area contributed by atoms with Crippen molar-refractivity contribution in [2.75, 3.05) is 5.32 Å². The molecular weight excluding hydrogens is 278 g/mol. The van der Waals surface area contributed by atoms with Crippen molar-refractivity contribution in [3.63, 3.8) is 0 Å². The van der Waals surface area contributed by atoms with E-state index in [1.54, 1.807) is 6.07 Å². The Morgan fingerprint density at radius 2 is 2.05 bits per heavy atom. The first kappa shape index (κ1) is 13.8. The van der Waals surface area contributed by atoms with Gasteiger partial charge in [0, 0.05) is 22.8 Å². The van der Waals surface area contributed by atoms with Gasteiger partial charge in [-0.15, -0.1) is 0 Å². The van der Waals surface area contributed by atoms with Crippen LogP contribution in [0, 0.1) is 28.4 Å². The molecule has 0 saturated heterocycles. The largest absolute Gasteiger partial charge is 0.354 e. The van der Waals surface area contributed by atoms with Crippen LogP contribution < -0.4 is 5.32 Å². The van der Waals surface area contributed by atoms with Crippen molar-refractivity contribution in [1.82, 2.24) is 0 Å². The molecule has 0 saturated carbocycles. The number of halogens is 1. The van der Waals surface area contributed by atoms with Gasteiger partial charge in [0.25, 0.3) is 5.69 Å². The second kappa shape index (κ2) is 5.59. The molecule has 20 heavy (non-hydrogen) atoms. The predicted molar refractivity (Wildman–Crippen MR) is 77.3 cm³/mol. The molecule has 0 radical (unpaired) electrons. The third-order valence-electron chi connectivity index (χ3n) is 2.79. The van der Waals surface area contributed by atoms with Gasteiger partial charge in [-0.05, 0) is 30.7 Å². The van der Waals surface area contributed by atoms with Crippen molar-refractivity contribution in [3.05, 3.63) is 62.7 Å². The molecular formula is C14H10ClN3O2. The van der Waals surface area contributed by atoms with Gasteiger partial charge in [-0.25, -0.2) is 0 Å². The van der Waals surface area contributed by atoms with Gasteiger partial charge in [0.05, 0.1) is 16.2 Å². The monoisotopic (exact) mass is 287 g/mol. The molecule has 0 atom stereocenters. The molecule has 1 N–H and O–H groups in total. The fraction of sp³-hybridized carbons (Fsp3) is 0.0714. The van der Waals surface area contributed by atoms with E-state index >= 15 is 0 Å². The number of nitriles is 1. The Balaban J connectivity index is 2.36. The lowest BCUT2D eigenvalue weighted by Crippen LogP contribution is -1.96. The molecule has 2 aromatic carbocycles. The number of anilines is 2. The fourth-order valence-electron chi connectivity index (χ4n) is 1.67. The first-order valence-corrected chi connectivity index (χ1v) is 6.11. The van der Waals surface area contributed by atoms with Crippen LogP contribution in [-0.2, 0) is 0 Å². The van der Waals surface area contributed by atoms with Crippen molar-refractivity contribution in [2.24, 2.45) is 0 Å². The molecule has 0 aromatic heterocycles. The lowest BCUT2D eigenvalue weighted by Gasteiger charge is -2.09. The summed E-state index contributed by atoms with van der Waals surface area (Å²) < 4.78 is 0. The van der Waals surface area contributed by atoms with Crippen LogP contribution in [0.25, 0.3) is 0 Å². The minimum atomic E-state index is -0.534. The summed E-state index contributed by atoms with van der Waals surface area (Å²) in [6.45, 7) is 1.89. The number of nitrogens with zero attached hydrogens (tertiary/aromatic N) is 2. The Hall–Kier alpha value is -2.58. The van der Waals surface area contributed by atoms with Crippen LogP contribution >= 0.6 is 11.6 Å². The molecule has 0 unspecified atom stereocenters. The highest BCUT2D eigenvalue weighted by atomic mass is 35.5. The summed E-state index contributed by atoms with van der Waals surface area (Å²) in [6, 6.07) is 11.4. The summed E-state index contributed by atoms with van der Waals surface area (Å²) in [5, 5.41) is 23.4. The molecule has 0 fully saturated rings. The smallest absolute Gasteiger partial charge is 0.270 e. The molecule has 0 aliphatic heterocycles. The van der Waals surface area contributed by atoms with E-state index in [1.807, 2.05) is 25.1 Å². The standard InChI is InChI=1S/C14H10ClN3O2/c1-9-2-3-11(7-13(9)15)17-14-5-4-12(18(19)20)6-10(14)8-16/h2-7,17H,1H3. The van der Waals surface area contributed by atoms with Crippen LogP contribution in [0.3, 0.4) is 0 Å². The summed E-state index contributed by atoms with van der Waals surface area (Å²) in [7, 11) is 0. The normalized spacial score (nSPS) is 9.85. The lowest BCUT2D eigenvalue weighted by molar-refractivity contribution is -0.384. The number of nitro benzene ring substituents is 1. The van der Waals surface area contributed by atoms with Crippen molar-refractivity contribution < 1.29 is 4.92 Å². The lowest BCUT2D eigenvalue weighted by atomic mass is 10.1. The number of hydrogen-bond donors (Lipinski definition) is 1. The fourth-order valence-corrected chi connectivity index (χ4v) is 1.85. The van der Waals surface area contributed by atoms with Crippen LogP contribution in [0.1, 0.15) is 11.1 Å². The predicted octanol–water partition coefficient (Wildman–Crippen LogP) is 4.17. The number of aryl methyl sites for hydroxylation is 1. The quantitative estimate of drug-likeness (QED) is 0.678. The van der Waals surface area contributed by atoms with E-state index in [2.05, 4.69) is 5.32 Å². The average molecular weight is 288 g/mol. The highest BCUT2D eigenvalue weighted by molar-refractivity contribution is 6.31. The molecule has 6 heteroatoms. The number of nitrogens with one attached hydrogen (secondary N) is 1. The summed E-state index contributed by atoms with van der Waals surface area (Å²) in [6.07, 6.45) is 0. The summed E-state index contributed by atoms with van der Waals surface area (Å²) in [5.74, 6) is 0. The van der Waals surface area contributed by atoms with Crippen LogP contribution in [0.4, 0.5) is 17.1 Å². The van der Waals surface area contributed by atoms with Gasteiger partial charge in [0.2, 0.25) is 0 Å². The van der Waals surface area contributed by atoms with E-state index in [0.717, 1.165) is 5.56 Å². The minimum absolute atomic E-state index is 0.117. The zero-order valence-electron chi connectivity index (χ0n) is 10.6. The first-order valence-electron chi connectivity index (χ1n) is 5.73. The van der Waals surface area contributed by atoms with Gasteiger partial charge in [-0.3, -0.25) is 10.1 Å². The number of rotatable bonds is 3. The van der Waals surface area contributed by atoms with Gasteiger partial charge in [-0.2, -0.15) is 5.26 Å². The second-order valence-electron chi connectivity index (χ2n) is 4.19. The highest BCUT2D eigenvalue weighted by Crippen LogP contribution is 2.27. The second-order valence-corrected chi connectivity index (χ2v) is 4.59. The molecule has 0 aliphatic rings. The third-order valence-corrected chi connectivity index (χ3v) is 3.19. The Bertz CT molecular complexity index is 723. The third kappa shape index (κ3) is 2.87. The highest BCUT2D eigenvalue weighted by Gasteiger charge is 2.11. The Labute approximate surface area is 120 Å². The van der Waals surface area contributed by atoms with Crippen LogP contribution in [0.5, 0.6) is 0 Å². The zero-order valence-corrected chi connectivity index (χ0v) is 11.3. The molecule has 2 rings (SSSR count). The SMILES string of the molecule is Cc1ccc(Nc2ccc([N+](=O)[O-])cc2C#N)cc1Cl. The topological polar surface area (TPSA) is 79.0 Å². The van der Waals surface area contributed by atoms with Crippen molar-refractivity contribution in [1.29, 1.82) is 5.26 Å². The average Bonchev–Trinajstić information content (AvgIpc) is 2.43. The summed E-state index contributed by atoms with van der Waals surface area (Å²) in [4.78, 5) is 10.1. The van der Waals surface area contributed by atoms with Crippen LogP contribution in [0.2, 0.25) is 5.02 Å². The van der Waals surface area contributed by atoms with Gasteiger partial charge < -0.3 is 5.32 Å². The molecule has 2 aromatic rings. The van der Waals surface area contributed by atoms with E-state index in [9.17, 15) is 10.1 Å². The van der Waals surface area contributed by atoms with E-state index < -0.39 is 4.92 Å². The Morgan fingerprint density at radius 1 is 1.30 bits per heavy atom. The number of nitro groups is 1. The molecule has 100 valence electrons. The molecule has 0 aliphatic carbocycles. The molecule has 0 amide bonds. The van der Waals surface area contributed by atoms with Gasteiger partial charge in [0.1, 0.15) is 6.07 Å². The van der Waals surface area contributed by atoms with Gasteiger partial charge >= 0.3 is 0 Å². The molecule has 0 bridgehead atoms. The van der Waals surface area contributed by atoms with Gasteiger partial charge in [-0.1, -0.05) is 17.7 Å². The van der Waals surface area contributed by atoms with Crippen molar-refractivity contribution >= 4 is 28.7 Å². The zero-order chi connectivity index (χ0) is 14.7. The van der Waals surface area contributed by atoms with E-state index in [-0.39, 0.29) is 11.3 Å². The molecule has 5 nitrogen and oxygen atoms in total. The summed E-state index contributed by atoms with van der Waals surface area (Å²) in [5.41, 5.74) is 2.25. The number of non-ortho nitro benzene ring substituents is 1. The maximum absolute atomic E-state index is 10.7. The first-order chi connectivity index (χ1) is 9.51. The van der Waals surface area contributed by atoms with Crippen LogP contribution in [-0.4, -0.2) is 4.92 Å². The van der Waals surface area contributed by atoms with Crippen molar-refractivity contribution in [3.8, 4) is 6.07 Å². The molecule has 0 spiro atoms. The minimum Gasteiger partial charge on any atom is -0.354 e. The van der Waals surface area contributed by atoms with E-state index in [1.165, 1.54) is 18.2 Å². The molecule has 0 heterocycles. The maximum atomic E-state index is 10.7. The number of hydrogen-bond acceptors (Lipinski definition) is 4. The Morgan fingerprint density at radius 3 is 2.65 bits per heavy atom. The van der Waals surface area contributed by atoms with Crippen LogP contribution in [0.15, 0.2) is 36.4 Å². The Kier molecular flexibility index (Phi) is 3.87. The van der Waals surface area contributed by atoms with Gasteiger partial charge in [0.15, 0.2) is 0 Å². The summed E-state index contributed by atoms with van der Waals surface area (Å²) >= 11 is 6.03. The maximum Gasteiger partial charge on any atom is 0.270 e. The van der Waals surface area contributed by atoms with E-state index in [0.29, 0.717) is 16.4 Å². The van der Waals surface area contributed by atoms with Crippen molar-refractivity contribution in [2.45, 2.75) is 6.92 Å². The number of benzene rings is 2.